The molecule has 0 aromatic rings. The van der Waals surface area contributed by atoms with Gasteiger partial charge in [-0.05, 0) is 35.8 Å². The summed E-state index contributed by atoms with van der Waals surface area (Å²) in [6.45, 7) is 14.2. The van der Waals surface area contributed by atoms with Gasteiger partial charge in [0, 0.05) is 0 Å². The summed E-state index contributed by atoms with van der Waals surface area (Å²) in [6.07, 6.45) is 9.71. The quantitative estimate of drug-likeness (QED) is 0.393. The molecule has 0 aromatic carbocycles. The van der Waals surface area contributed by atoms with Crippen molar-refractivity contribution < 1.29 is 0 Å². The van der Waals surface area contributed by atoms with Gasteiger partial charge in [0.15, 0.2) is 0 Å². The molecule has 0 fully saturated rings. The van der Waals surface area contributed by atoms with E-state index in [2.05, 4.69) is 50.8 Å². The third-order valence-corrected chi connectivity index (χ3v) is 4.31. The minimum atomic E-state index is 0.479. The third-order valence-electron chi connectivity index (χ3n) is 3.74. The van der Waals surface area contributed by atoms with Gasteiger partial charge in [0.1, 0.15) is 0 Å². The highest BCUT2D eigenvalue weighted by Crippen LogP contribution is 2.32. The molecule has 0 rings (SSSR count). The second-order valence-corrected chi connectivity index (χ2v) is 8.28. The van der Waals surface area contributed by atoms with Gasteiger partial charge in [0.05, 0.1) is 0 Å². The van der Waals surface area contributed by atoms with Crippen molar-refractivity contribution in [1.29, 1.82) is 0 Å². The van der Waals surface area contributed by atoms with Crippen molar-refractivity contribution >= 4 is 9.24 Å². The topological polar surface area (TPSA) is 0 Å². The van der Waals surface area contributed by atoms with Crippen LogP contribution in [-0.4, -0.2) is 6.16 Å². The van der Waals surface area contributed by atoms with Gasteiger partial charge in [0.2, 0.25) is 0 Å². The Balaban J connectivity index is 3.57. The number of unbranched alkanes of at least 4 members (excludes halogenated alkanes) is 3. The Hall–Kier alpha value is 0.430. The largest absolute Gasteiger partial charge is 0.137 e. The predicted molar refractivity (Wildman–Crippen MR) is 84.7 cm³/mol. The summed E-state index contributed by atoms with van der Waals surface area (Å²) in [5.41, 5.74) is 1.00. The van der Waals surface area contributed by atoms with E-state index in [9.17, 15) is 0 Å². The summed E-state index contributed by atoms with van der Waals surface area (Å²) in [7, 11) is 2.93. The van der Waals surface area contributed by atoms with Crippen LogP contribution >= 0.6 is 9.24 Å². The van der Waals surface area contributed by atoms with Gasteiger partial charge in [-0.15, -0.1) is 9.24 Å². The Morgan fingerprint density at radius 1 is 0.824 bits per heavy atom. The zero-order valence-electron chi connectivity index (χ0n) is 13.1. The van der Waals surface area contributed by atoms with Crippen LogP contribution in [0.4, 0.5) is 0 Å². The van der Waals surface area contributed by atoms with Crippen LogP contribution in [0.2, 0.25) is 0 Å². The Labute approximate surface area is 113 Å². The van der Waals surface area contributed by atoms with E-state index in [-0.39, 0.29) is 0 Å². The van der Waals surface area contributed by atoms with Crippen molar-refractivity contribution in [2.75, 3.05) is 6.16 Å². The zero-order chi connectivity index (χ0) is 13.5. The first kappa shape index (κ1) is 17.4. The fraction of sp³-hybridized carbons (Fsp3) is 1.00. The Kier molecular flexibility index (Phi) is 7.97. The molecule has 0 nitrogen and oxygen atoms in total. The van der Waals surface area contributed by atoms with E-state index in [0.717, 1.165) is 5.92 Å². The van der Waals surface area contributed by atoms with Crippen LogP contribution in [0.25, 0.3) is 0 Å². The van der Waals surface area contributed by atoms with Crippen LogP contribution in [0.5, 0.6) is 0 Å². The molecule has 0 saturated carbocycles. The van der Waals surface area contributed by atoms with Crippen LogP contribution in [0.3, 0.4) is 0 Å². The van der Waals surface area contributed by atoms with Gasteiger partial charge < -0.3 is 0 Å². The van der Waals surface area contributed by atoms with Crippen LogP contribution in [0.1, 0.15) is 80.1 Å². The molecule has 0 aromatic heterocycles. The molecule has 0 aliphatic rings. The summed E-state index contributed by atoms with van der Waals surface area (Å²) in [6, 6.07) is 0. The van der Waals surface area contributed by atoms with Crippen molar-refractivity contribution in [2.24, 2.45) is 16.7 Å². The minimum Gasteiger partial charge on any atom is -0.137 e. The highest BCUT2D eigenvalue weighted by Gasteiger charge is 2.22. The number of hydrogen-bond acceptors (Lipinski definition) is 0. The monoisotopic (exact) mass is 258 g/mol. The molecule has 104 valence electrons. The first-order chi connectivity index (χ1) is 7.67. The van der Waals surface area contributed by atoms with Crippen molar-refractivity contribution in [2.45, 2.75) is 80.1 Å². The molecular formula is C16H35P. The second-order valence-electron chi connectivity index (χ2n) is 7.81. The summed E-state index contributed by atoms with van der Waals surface area (Å²) < 4.78 is 0. The molecule has 0 bridgehead atoms. The minimum absolute atomic E-state index is 0.479. The maximum absolute atomic E-state index is 2.93. The van der Waals surface area contributed by atoms with E-state index >= 15 is 0 Å². The third kappa shape index (κ3) is 10.1. The molecule has 0 aliphatic carbocycles. The zero-order valence-corrected chi connectivity index (χ0v) is 14.3. The molecule has 0 heterocycles. The Morgan fingerprint density at radius 3 is 1.76 bits per heavy atom. The van der Waals surface area contributed by atoms with Crippen LogP contribution in [0.15, 0.2) is 0 Å². The van der Waals surface area contributed by atoms with E-state index in [1.54, 1.807) is 0 Å². The molecule has 17 heavy (non-hydrogen) atoms. The molecule has 2 unspecified atom stereocenters. The van der Waals surface area contributed by atoms with E-state index in [0.29, 0.717) is 10.8 Å². The lowest BCUT2D eigenvalue weighted by Gasteiger charge is -2.29. The highest BCUT2D eigenvalue weighted by molar-refractivity contribution is 7.16. The fourth-order valence-electron chi connectivity index (χ4n) is 2.30. The smallest absolute Gasteiger partial charge is 0.0331 e. The van der Waals surface area contributed by atoms with Crippen LogP contribution < -0.4 is 0 Å². The maximum atomic E-state index is 2.93. The van der Waals surface area contributed by atoms with E-state index in [1.807, 2.05) is 0 Å². The molecule has 0 amide bonds. The lowest BCUT2D eigenvalue weighted by molar-refractivity contribution is 0.244. The second kappa shape index (κ2) is 7.78. The molecule has 2 atom stereocenters. The molecule has 0 spiro atoms. The average Bonchev–Trinajstić information content (AvgIpc) is 2.12. The molecule has 0 radical (unpaired) electrons. The van der Waals surface area contributed by atoms with Gasteiger partial charge in [-0.2, -0.15) is 0 Å². The van der Waals surface area contributed by atoms with Crippen molar-refractivity contribution in [3.05, 3.63) is 0 Å². The van der Waals surface area contributed by atoms with E-state index in [4.69, 9.17) is 0 Å². The fourth-order valence-corrected chi connectivity index (χ4v) is 3.25. The van der Waals surface area contributed by atoms with Crippen molar-refractivity contribution in [3.8, 4) is 0 Å². The summed E-state index contributed by atoms with van der Waals surface area (Å²) in [5, 5.41) is 0. The van der Waals surface area contributed by atoms with E-state index < -0.39 is 0 Å². The SMILES string of the molecule is CC(C)(C)CCCCCCC(CP)C(C)(C)C. The normalized spacial score (nSPS) is 15.0. The molecular weight excluding hydrogens is 223 g/mol. The maximum Gasteiger partial charge on any atom is -0.0331 e. The molecule has 0 N–H and O–H groups in total. The average molecular weight is 258 g/mol. The van der Waals surface area contributed by atoms with Crippen molar-refractivity contribution in [3.63, 3.8) is 0 Å². The van der Waals surface area contributed by atoms with Gasteiger partial charge >= 0.3 is 0 Å². The van der Waals surface area contributed by atoms with Gasteiger partial charge in [0.25, 0.3) is 0 Å². The van der Waals surface area contributed by atoms with Crippen molar-refractivity contribution in [1.82, 2.24) is 0 Å². The first-order valence-corrected chi connectivity index (χ1v) is 8.18. The first-order valence-electron chi connectivity index (χ1n) is 7.37. The number of rotatable bonds is 7. The van der Waals surface area contributed by atoms with Gasteiger partial charge in [-0.1, -0.05) is 67.2 Å². The summed E-state index contributed by atoms with van der Waals surface area (Å²) in [5.74, 6) is 0.870. The molecule has 0 aliphatic heterocycles. The Morgan fingerprint density at radius 2 is 1.35 bits per heavy atom. The predicted octanol–water partition coefficient (Wildman–Crippen LogP) is 5.91. The summed E-state index contributed by atoms with van der Waals surface area (Å²) in [4.78, 5) is 0. The van der Waals surface area contributed by atoms with Gasteiger partial charge in [-0.25, -0.2) is 0 Å². The number of hydrogen-bond donors (Lipinski definition) is 0. The van der Waals surface area contributed by atoms with Crippen LogP contribution in [-0.2, 0) is 0 Å². The highest BCUT2D eigenvalue weighted by atomic mass is 31.0. The molecule has 1 heteroatoms. The molecule has 0 saturated heterocycles. The lowest BCUT2D eigenvalue weighted by Crippen LogP contribution is -2.21. The standard InChI is InChI=1S/C16H35P/c1-15(2,3)12-10-8-7-9-11-14(13-17)16(4,5)6/h14H,7-13,17H2,1-6H3. The van der Waals surface area contributed by atoms with E-state index in [1.165, 1.54) is 44.7 Å². The summed E-state index contributed by atoms with van der Waals surface area (Å²) >= 11 is 0. The Bertz CT molecular complexity index is 183. The lowest BCUT2D eigenvalue weighted by atomic mass is 9.79. The van der Waals surface area contributed by atoms with Crippen LogP contribution in [0, 0.1) is 16.7 Å². The van der Waals surface area contributed by atoms with Gasteiger partial charge in [-0.3, -0.25) is 0 Å².